The maximum Gasteiger partial charge on any atom is 0.00697 e. The zero-order valence-electron chi connectivity index (χ0n) is 10.1. The van der Waals surface area contributed by atoms with Crippen molar-refractivity contribution in [3.8, 4) is 0 Å². The van der Waals surface area contributed by atoms with E-state index in [1.54, 1.807) is 0 Å². The molecule has 1 rings (SSSR count). The molecule has 1 aliphatic rings. The Labute approximate surface area is 84.5 Å². The molecule has 0 radical (unpaired) electrons. The lowest BCUT2D eigenvalue weighted by molar-refractivity contribution is 0.104. The third kappa shape index (κ3) is 4.12. The highest BCUT2D eigenvalue weighted by Gasteiger charge is 2.22. The van der Waals surface area contributed by atoms with Gasteiger partial charge in [0.25, 0.3) is 0 Å². The number of hydrogen-bond acceptors (Lipinski definition) is 1. The molecule has 0 spiro atoms. The van der Waals surface area contributed by atoms with Gasteiger partial charge in [-0.05, 0) is 39.7 Å². The Hall–Kier alpha value is -0.0400. The molecule has 0 bridgehead atoms. The van der Waals surface area contributed by atoms with Crippen LogP contribution in [0.25, 0.3) is 0 Å². The van der Waals surface area contributed by atoms with E-state index in [9.17, 15) is 0 Å². The summed E-state index contributed by atoms with van der Waals surface area (Å²) in [6.45, 7) is 12.3. The third-order valence-electron chi connectivity index (χ3n) is 2.86. The van der Waals surface area contributed by atoms with Crippen LogP contribution in [0.5, 0.6) is 0 Å². The predicted octanol–water partition coefficient (Wildman–Crippen LogP) is 3.69. The monoisotopic (exact) mass is 185 g/mol. The Morgan fingerprint density at radius 2 is 1.54 bits per heavy atom. The summed E-state index contributed by atoms with van der Waals surface area (Å²) in [5, 5.41) is 0. The molecule has 80 valence electrons. The van der Waals surface area contributed by atoms with E-state index in [0.29, 0.717) is 0 Å². The number of nitrogens with zero attached hydrogens (tertiary/aromatic N) is 1. The first-order valence-corrected chi connectivity index (χ1v) is 6.01. The number of piperidine rings is 1. The van der Waals surface area contributed by atoms with Crippen molar-refractivity contribution in [3.05, 3.63) is 0 Å². The van der Waals surface area contributed by atoms with E-state index in [4.69, 9.17) is 0 Å². The molecule has 0 aliphatic carbocycles. The standard InChI is InChI=1S/C10H21N.C2H6/c1-4-8-11-9(2)6-5-7-10(11)3;1-2/h9-10H,4-8H2,1-3H3;1-2H3. The molecule has 0 aromatic carbocycles. The first-order chi connectivity index (χ1) is 6.25. The number of likely N-dealkylation sites (tertiary alicyclic amines) is 1. The number of rotatable bonds is 2. The molecule has 13 heavy (non-hydrogen) atoms. The van der Waals surface area contributed by atoms with Gasteiger partial charge in [-0.1, -0.05) is 27.2 Å². The van der Waals surface area contributed by atoms with Crippen LogP contribution in [0.15, 0.2) is 0 Å². The molecule has 0 saturated carbocycles. The molecule has 0 aromatic rings. The van der Waals surface area contributed by atoms with Gasteiger partial charge >= 0.3 is 0 Å². The molecule has 1 nitrogen and oxygen atoms in total. The molecular formula is C12H27N. The summed E-state index contributed by atoms with van der Waals surface area (Å²) < 4.78 is 0. The SMILES string of the molecule is CC.CCCN1C(C)CCCC1C. The van der Waals surface area contributed by atoms with Crippen molar-refractivity contribution in [2.24, 2.45) is 0 Å². The van der Waals surface area contributed by atoms with Crippen molar-refractivity contribution < 1.29 is 0 Å². The smallest absolute Gasteiger partial charge is 0.00697 e. The van der Waals surface area contributed by atoms with Crippen molar-refractivity contribution in [1.82, 2.24) is 4.90 Å². The van der Waals surface area contributed by atoms with E-state index in [0.717, 1.165) is 12.1 Å². The van der Waals surface area contributed by atoms with Crippen LogP contribution in [0.4, 0.5) is 0 Å². The van der Waals surface area contributed by atoms with Crippen molar-refractivity contribution in [3.63, 3.8) is 0 Å². The van der Waals surface area contributed by atoms with Gasteiger partial charge in [-0.25, -0.2) is 0 Å². The van der Waals surface area contributed by atoms with Gasteiger partial charge in [0.15, 0.2) is 0 Å². The van der Waals surface area contributed by atoms with Gasteiger partial charge in [0, 0.05) is 12.1 Å². The van der Waals surface area contributed by atoms with Gasteiger partial charge in [-0.2, -0.15) is 0 Å². The largest absolute Gasteiger partial charge is 0.298 e. The zero-order chi connectivity index (χ0) is 10.3. The Balaban J connectivity index is 0.000000671. The van der Waals surface area contributed by atoms with Gasteiger partial charge in [0.05, 0.1) is 0 Å². The third-order valence-corrected chi connectivity index (χ3v) is 2.86. The topological polar surface area (TPSA) is 3.24 Å². The molecule has 0 aromatic heterocycles. The summed E-state index contributed by atoms with van der Waals surface area (Å²) in [6, 6.07) is 1.66. The van der Waals surface area contributed by atoms with Gasteiger partial charge in [-0.3, -0.25) is 4.90 Å². The minimum Gasteiger partial charge on any atom is -0.298 e. The first-order valence-electron chi connectivity index (χ1n) is 6.01. The lowest BCUT2D eigenvalue weighted by Crippen LogP contribution is -2.43. The average Bonchev–Trinajstić information content (AvgIpc) is 2.15. The molecule has 1 heteroatoms. The number of hydrogen-bond donors (Lipinski definition) is 0. The second-order valence-corrected chi connectivity index (χ2v) is 3.87. The van der Waals surface area contributed by atoms with Crippen LogP contribution in [0, 0.1) is 0 Å². The van der Waals surface area contributed by atoms with Crippen molar-refractivity contribution in [2.75, 3.05) is 6.54 Å². The molecule has 1 fully saturated rings. The molecule has 2 unspecified atom stereocenters. The highest BCUT2D eigenvalue weighted by molar-refractivity contribution is 4.78. The Morgan fingerprint density at radius 1 is 1.08 bits per heavy atom. The molecule has 1 aliphatic heterocycles. The molecule has 1 heterocycles. The minimum absolute atomic E-state index is 0.832. The van der Waals surface area contributed by atoms with E-state index >= 15 is 0 Å². The molecular weight excluding hydrogens is 158 g/mol. The van der Waals surface area contributed by atoms with Crippen LogP contribution in [-0.4, -0.2) is 23.5 Å². The maximum atomic E-state index is 2.66. The van der Waals surface area contributed by atoms with E-state index in [-0.39, 0.29) is 0 Å². The average molecular weight is 185 g/mol. The summed E-state index contributed by atoms with van der Waals surface area (Å²) in [4.78, 5) is 2.66. The normalized spacial score (nSPS) is 29.3. The summed E-state index contributed by atoms with van der Waals surface area (Å²) in [6.07, 6.45) is 5.55. The summed E-state index contributed by atoms with van der Waals surface area (Å²) >= 11 is 0. The molecule has 0 N–H and O–H groups in total. The van der Waals surface area contributed by atoms with Crippen LogP contribution < -0.4 is 0 Å². The van der Waals surface area contributed by atoms with Crippen LogP contribution in [-0.2, 0) is 0 Å². The predicted molar refractivity (Wildman–Crippen MR) is 61.1 cm³/mol. The highest BCUT2D eigenvalue weighted by atomic mass is 15.2. The van der Waals surface area contributed by atoms with E-state index in [1.807, 2.05) is 13.8 Å². The van der Waals surface area contributed by atoms with Gasteiger partial charge in [-0.15, -0.1) is 0 Å². The van der Waals surface area contributed by atoms with Gasteiger partial charge < -0.3 is 0 Å². The minimum atomic E-state index is 0.832. The summed E-state index contributed by atoms with van der Waals surface area (Å²) in [5.74, 6) is 0. The van der Waals surface area contributed by atoms with Crippen LogP contribution in [0.1, 0.15) is 60.3 Å². The lowest BCUT2D eigenvalue weighted by atomic mass is 9.97. The fourth-order valence-corrected chi connectivity index (χ4v) is 2.17. The van der Waals surface area contributed by atoms with Crippen molar-refractivity contribution >= 4 is 0 Å². The fourth-order valence-electron chi connectivity index (χ4n) is 2.17. The molecule has 2 atom stereocenters. The highest BCUT2D eigenvalue weighted by Crippen LogP contribution is 2.22. The second kappa shape index (κ2) is 7.37. The lowest BCUT2D eigenvalue weighted by Gasteiger charge is -2.38. The van der Waals surface area contributed by atoms with Crippen molar-refractivity contribution in [1.29, 1.82) is 0 Å². The first kappa shape index (κ1) is 13.0. The Morgan fingerprint density at radius 3 is 1.92 bits per heavy atom. The van der Waals surface area contributed by atoms with Gasteiger partial charge in [0.1, 0.15) is 0 Å². The zero-order valence-corrected chi connectivity index (χ0v) is 10.1. The fraction of sp³-hybridized carbons (Fsp3) is 1.00. The summed E-state index contributed by atoms with van der Waals surface area (Å²) in [7, 11) is 0. The van der Waals surface area contributed by atoms with Crippen LogP contribution in [0.3, 0.4) is 0 Å². The maximum absolute atomic E-state index is 2.66. The van der Waals surface area contributed by atoms with Crippen LogP contribution >= 0.6 is 0 Å². The molecule has 1 saturated heterocycles. The second-order valence-electron chi connectivity index (χ2n) is 3.87. The van der Waals surface area contributed by atoms with Crippen molar-refractivity contribution in [2.45, 2.75) is 72.4 Å². The van der Waals surface area contributed by atoms with E-state index in [2.05, 4.69) is 25.7 Å². The molecule has 0 amide bonds. The van der Waals surface area contributed by atoms with E-state index in [1.165, 1.54) is 32.2 Å². The Kier molecular flexibility index (Phi) is 7.35. The van der Waals surface area contributed by atoms with E-state index < -0.39 is 0 Å². The van der Waals surface area contributed by atoms with Crippen LogP contribution in [0.2, 0.25) is 0 Å². The van der Waals surface area contributed by atoms with Gasteiger partial charge in [0.2, 0.25) is 0 Å². The summed E-state index contributed by atoms with van der Waals surface area (Å²) in [5.41, 5.74) is 0. The Bertz CT molecular complexity index is 102. The quantitative estimate of drug-likeness (QED) is 0.634.